The highest BCUT2D eigenvalue weighted by molar-refractivity contribution is 6.10. The fourth-order valence-electron chi connectivity index (χ4n) is 5.04. The summed E-state index contributed by atoms with van der Waals surface area (Å²) in [6, 6.07) is 17.0. The lowest BCUT2D eigenvalue weighted by atomic mass is 9.81. The van der Waals surface area contributed by atoms with Crippen molar-refractivity contribution < 1.29 is 9.59 Å². The molecule has 1 aliphatic heterocycles. The summed E-state index contributed by atoms with van der Waals surface area (Å²) in [4.78, 5) is 30.9. The fourth-order valence-corrected chi connectivity index (χ4v) is 5.04. The Labute approximate surface area is 160 Å². The molecular formula is C23H15N3O2. The van der Waals surface area contributed by atoms with E-state index < -0.39 is 0 Å². The van der Waals surface area contributed by atoms with Crippen LogP contribution in [0.1, 0.15) is 38.4 Å². The first-order valence-electron chi connectivity index (χ1n) is 9.32. The second kappa shape index (κ2) is 4.99. The van der Waals surface area contributed by atoms with Crippen molar-refractivity contribution in [2.24, 2.45) is 5.92 Å². The number of hydrogen-bond donors (Lipinski definition) is 1. The van der Waals surface area contributed by atoms with E-state index in [1.165, 1.54) is 0 Å². The Kier molecular flexibility index (Phi) is 2.75. The van der Waals surface area contributed by atoms with E-state index in [1.807, 2.05) is 30.3 Å². The first-order chi connectivity index (χ1) is 13.6. The maximum absolute atomic E-state index is 13.3. The third kappa shape index (κ3) is 1.79. The molecule has 0 bridgehead atoms. The van der Waals surface area contributed by atoms with Crippen molar-refractivity contribution in [2.75, 3.05) is 6.54 Å². The van der Waals surface area contributed by atoms with Gasteiger partial charge in [-0.3, -0.25) is 9.59 Å². The number of ketones is 1. The average Bonchev–Trinajstić information content (AvgIpc) is 3.12. The highest BCUT2D eigenvalue weighted by atomic mass is 16.2. The molecule has 3 aliphatic rings. The molecule has 5 nitrogen and oxygen atoms in total. The number of likely N-dealkylation sites (tertiary alicyclic amines) is 1. The van der Waals surface area contributed by atoms with Crippen LogP contribution in [-0.2, 0) is 5.41 Å². The smallest absolute Gasteiger partial charge is 0.274 e. The van der Waals surface area contributed by atoms with Crippen LogP contribution in [0.5, 0.6) is 0 Å². The molecule has 2 aromatic carbocycles. The summed E-state index contributed by atoms with van der Waals surface area (Å²) in [6.45, 7) is 0.630. The molecule has 1 spiro atoms. The van der Waals surface area contributed by atoms with Gasteiger partial charge in [0.15, 0.2) is 5.78 Å². The summed E-state index contributed by atoms with van der Waals surface area (Å²) in [7, 11) is 0. The Morgan fingerprint density at radius 1 is 1.21 bits per heavy atom. The number of H-pyrrole nitrogens is 1. The number of hydrogen-bond acceptors (Lipinski definition) is 3. The van der Waals surface area contributed by atoms with E-state index in [1.54, 1.807) is 29.2 Å². The standard InChI is InChI=1S/C23H15N3O2/c24-11-13-5-6-18-14(7-13)8-19(25-18)22(28)26-12-15-10-23(15)17-4-2-1-3-16(17)20(27)9-21(23)26/h1-9,15,25H,10,12H2/t15-,23-/m1/s1. The molecule has 28 heavy (non-hydrogen) atoms. The SMILES string of the molecule is N#Cc1ccc2[nH]c(C(=O)N3C[C@H]4C[C@@]45C3=CC(=O)c3ccccc35)cc2c1. The summed E-state index contributed by atoms with van der Waals surface area (Å²) >= 11 is 0. The zero-order chi connectivity index (χ0) is 19.0. The third-order valence-electron chi connectivity index (χ3n) is 6.42. The fraction of sp³-hybridized carbons (Fsp3) is 0.174. The number of aromatic nitrogens is 1. The monoisotopic (exact) mass is 365 g/mol. The maximum atomic E-state index is 13.3. The van der Waals surface area contributed by atoms with Gasteiger partial charge in [0.1, 0.15) is 5.69 Å². The second-order valence-corrected chi connectivity index (χ2v) is 7.82. The Bertz CT molecular complexity index is 1290. The van der Waals surface area contributed by atoms with Gasteiger partial charge in [-0.05, 0) is 42.2 Å². The number of amides is 1. The van der Waals surface area contributed by atoms with Crippen molar-refractivity contribution in [3.05, 3.63) is 82.7 Å². The van der Waals surface area contributed by atoms with Crippen LogP contribution in [-0.4, -0.2) is 28.1 Å². The number of benzene rings is 2. The molecule has 1 N–H and O–H groups in total. The van der Waals surface area contributed by atoms with Gasteiger partial charge in [0.25, 0.3) is 5.91 Å². The molecule has 2 aliphatic carbocycles. The van der Waals surface area contributed by atoms with Gasteiger partial charge in [-0.25, -0.2) is 0 Å². The lowest BCUT2D eigenvalue weighted by Crippen LogP contribution is -2.33. The van der Waals surface area contributed by atoms with Crippen molar-refractivity contribution in [3.63, 3.8) is 0 Å². The molecule has 0 radical (unpaired) electrons. The predicted octanol–water partition coefficient (Wildman–Crippen LogP) is 3.53. The molecule has 134 valence electrons. The zero-order valence-corrected chi connectivity index (χ0v) is 14.9. The molecule has 0 unspecified atom stereocenters. The molecule has 1 aromatic heterocycles. The predicted molar refractivity (Wildman–Crippen MR) is 103 cm³/mol. The van der Waals surface area contributed by atoms with E-state index in [0.29, 0.717) is 23.7 Å². The second-order valence-electron chi connectivity index (χ2n) is 7.82. The van der Waals surface area contributed by atoms with Gasteiger partial charge in [0, 0.05) is 40.2 Å². The largest absolute Gasteiger partial charge is 0.351 e. The summed E-state index contributed by atoms with van der Waals surface area (Å²) in [6.07, 6.45) is 2.65. The number of piperidine rings is 1. The first kappa shape index (κ1) is 15.4. The van der Waals surface area contributed by atoms with Crippen LogP contribution in [0, 0.1) is 17.2 Å². The van der Waals surface area contributed by atoms with Crippen molar-refractivity contribution >= 4 is 22.6 Å². The van der Waals surface area contributed by atoms with Crippen LogP contribution in [0.2, 0.25) is 0 Å². The summed E-state index contributed by atoms with van der Waals surface area (Å²) in [5, 5.41) is 9.91. The number of rotatable bonds is 1. The van der Waals surface area contributed by atoms with Gasteiger partial charge < -0.3 is 9.88 Å². The van der Waals surface area contributed by atoms with Gasteiger partial charge in [-0.15, -0.1) is 0 Å². The molecule has 1 saturated heterocycles. The van der Waals surface area contributed by atoms with Gasteiger partial charge in [0.2, 0.25) is 0 Å². The van der Waals surface area contributed by atoms with Crippen molar-refractivity contribution in [3.8, 4) is 6.07 Å². The lowest BCUT2D eigenvalue weighted by molar-refractivity contribution is 0.0806. The quantitative estimate of drug-likeness (QED) is 0.717. The van der Waals surface area contributed by atoms with Crippen molar-refractivity contribution in [2.45, 2.75) is 11.8 Å². The van der Waals surface area contributed by atoms with E-state index in [4.69, 9.17) is 5.26 Å². The molecule has 2 heterocycles. The Morgan fingerprint density at radius 3 is 2.93 bits per heavy atom. The number of aromatic amines is 1. The minimum atomic E-state index is -0.180. The Morgan fingerprint density at radius 2 is 2.07 bits per heavy atom. The minimum absolute atomic E-state index is 0.0307. The van der Waals surface area contributed by atoms with Crippen LogP contribution in [0.15, 0.2) is 60.3 Å². The lowest BCUT2D eigenvalue weighted by Gasteiger charge is -2.29. The average molecular weight is 365 g/mol. The zero-order valence-electron chi connectivity index (χ0n) is 14.9. The number of fused-ring (bicyclic) bond motifs is 2. The summed E-state index contributed by atoms with van der Waals surface area (Å²) in [5.74, 6) is 0.211. The van der Waals surface area contributed by atoms with Gasteiger partial charge >= 0.3 is 0 Å². The van der Waals surface area contributed by atoms with E-state index in [0.717, 1.165) is 34.1 Å². The topological polar surface area (TPSA) is 77.0 Å². The van der Waals surface area contributed by atoms with E-state index in [-0.39, 0.29) is 17.1 Å². The molecular weight excluding hydrogens is 350 g/mol. The molecule has 2 atom stereocenters. The number of nitrogens with zero attached hydrogens (tertiary/aromatic N) is 2. The maximum Gasteiger partial charge on any atom is 0.274 e. The van der Waals surface area contributed by atoms with Crippen LogP contribution >= 0.6 is 0 Å². The highest BCUT2D eigenvalue weighted by Gasteiger charge is 2.67. The first-order valence-corrected chi connectivity index (χ1v) is 9.32. The molecule has 5 heteroatoms. The molecule has 3 aromatic rings. The number of nitriles is 1. The van der Waals surface area contributed by atoms with E-state index in [9.17, 15) is 9.59 Å². The highest BCUT2D eigenvalue weighted by Crippen LogP contribution is 2.66. The normalized spacial score (nSPS) is 24.2. The molecule has 2 fully saturated rings. The Balaban J connectivity index is 1.42. The van der Waals surface area contributed by atoms with Gasteiger partial charge in [-0.2, -0.15) is 5.26 Å². The number of carbonyl (C=O) groups is 2. The molecule has 6 rings (SSSR count). The minimum Gasteiger partial charge on any atom is -0.351 e. The third-order valence-corrected chi connectivity index (χ3v) is 6.42. The van der Waals surface area contributed by atoms with E-state index >= 15 is 0 Å². The van der Waals surface area contributed by atoms with Crippen LogP contribution in [0.25, 0.3) is 10.9 Å². The number of allylic oxidation sites excluding steroid dienone is 2. The van der Waals surface area contributed by atoms with Crippen LogP contribution in [0.3, 0.4) is 0 Å². The summed E-state index contributed by atoms with van der Waals surface area (Å²) < 4.78 is 0. The van der Waals surface area contributed by atoms with Crippen molar-refractivity contribution in [1.82, 2.24) is 9.88 Å². The summed E-state index contributed by atoms with van der Waals surface area (Å²) in [5.41, 5.74) is 4.34. The van der Waals surface area contributed by atoms with Crippen molar-refractivity contribution in [1.29, 1.82) is 5.26 Å². The molecule has 1 amide bonds. The van der Waals surface area contributed by atoms with Crippen LogP contribution < -0.4 is 0 Å². The van der Waals surface area contributed by atoms with Gasteiger partial charge in [-0.1, -0.05) is 24.3 Å². The number of carbonyl (C=O) groups excluding carboxylic acids is 2. The Hall–Kier alpha value is -3.65. The van der Waals surface area contributed by atoms with E-state index in [2.05, 4.69) is 11.1 Å². The van der Waals surface area contributed by atoms with Crippen LogP contribution in [0.4, 0.5) is 0 Å². The molecule has 1 saturated carbocycles. The van der Waals surface area contributed by atoms with Gasteiger partial charge in [0.05, 0.1) is 11.6 Å². The number of nitrogens with one attached hydrogen (secondary N) is 1.